The number of anilines is 1. The third-order valence-electron chi connectivity index (χ3n) is 1.71. The van der Waals surface area contributed by atoms with Gasteiger partial charge in [-0.15, -0.1) is 0 Å². The second-order valence-electron chi connectivity index (χ2n) is 2.78. The Hall–Kier alpha value is -1.62. The largest absolute Gasteiger partial charge is 0.362 e. The van der Waals surface area contributed by atoms with Crippen LogP contribution in [0.5, 0.6) is 0 Å². The summed E-state index contributed by atoms with van der Waals surface area (Å²) in [7, 11) is 1.69. The van der Waals surface area contributed by atoms with Crippen molar-refractivity contribution in [2.75, 3.05) is 18.4 Å². The van der Waals surface area contributed by atoms with Gasteiger partial charge in [0.05, 0.1) is 0 Å². The molecule has 0 saturated heterocycles. The molecule has 1 heterocycles. The highest BCUT2D eigenvalue weighted by Gasteiger charge is 1.98. The minimum atomic E-state index is -0.131. The summed E-state index contributed by atoms with van der Waals surface area (Å²) in [5.74, 6) is 0.358. The molecule has 3 N–H and O–H groups in total. The number of aromatic nitrogens is 2. The molecule has 0 atom stereocenters. The van der Waals surface area contributed by atoms with Gasteiger partial charge in [0.2, 0.25) is 0 Å². The normalized spacial score (nSPS) is 10.7. The highest BCUT2D eigenvalue weighted by atomic mass is 16.1. The zero-order chi connectivity index (χ0) is 10.4. The average Bonchev–Trinajstić information content (AvgIpc) is 2.19. The Morgan fingerprint density at radius 3 is 3.14 bits per heavy atom. The molecular formula is C9H14N4O. The molecule has 0 amide bonds. The minimum absolute atomic E-state index is 0.131. The van der Waals surface area contributed by atoms with E-state index >= 15 is 0 Å². The Kier molecular flexibility index (Phi) is 3.87. The number of nitrogens with two attached hydrogens (primary N) is 1. The van der Waals surface area contributed by atoms with Crippen LogP contribution in [-0.4, -0.2) is 22.6 Å². The van der Waals surface area contributed by atoms with Crippen molar-refractivity contribution >= 4 is 5.82 Å². The second-order valence-corrected chi connectivity index (χ2v) is 2.78. The average molecular weight is 194 g/mol. The molecule has 1 rings (SSSR count). The summed E-state index contributed by atoms with van der Waals surface area (Å²) < 4.78 is 1.47. The van der Waals surface area contributed by atoms with Crippen LogP contribution >= 0.6 is 0 Å². The molecule has 0 radical (unpaired) electrons. The lowest BCUT2D eigenvalue weighted by atomic mass is 10.5. The van der Waals surface area contributed by atoms with Crippen LogP contribution in [0.4, 0.5) is 5.82 Å². The van der Waals surface area contributed by atoms with E-state index < -0.39 is 0 Å². The van der Waals surface area contributed by atoms with Gasteiger partial charge in [-0.3, -0.25) is 4.79 Å². The molecule has 76 valence electrons. The molecule has 0 aliphatic rings. The molecule has 0 saturated carbocycles. The molecule has 5 heteroatoms. The van der Waals surface area contributed by atoms with E-state index in [0.29, 0.717) is 18.9 Å². The maximum Gasteiger partial charge on any atom is 0.293 e. The molecule has 1 aromatic rings. The van der Waals surface area contributed by atoms with Gasteiger partial charge in [-0.25, -0.2) is 4.98 Å². The second kappa shape index (κ2) is 5.18. The highest BCUT2D eigenvalue weighted by Crippen LogP contribution is 1.90. The van der Waals surface area contributed by atoms with Gasteiger partial charge in [0, 0.05) is 32.5 Å². The van der Waals surface area contributed by atoms with Crippen molar-refractivity contribution in [3.8, 4) is 0 Å². The molecule has 0 aliphatic carbocycles. The number of nitrogens with one attached hydrogen (secondary N) is 1. The van der Waals surface area contributed by atoms with E-state index in [4.69, 9.17) is 5.73 Å². The summed E-state index contributed by atoms with van der Waals surface area (Å²) in [6, 6.07) is 0. The van der Waals surface area contributed by atoms with E-state index in [1.54, 1.807) is 19.4 Å². The molecule has 0 spiro atoms. The Labute approximate surface area is 82.3 Å². The van der Waals surface area contributed by atoms with Gasteiger partial charge in [0.25, 0.3) is 5.56 Å². The fraction of sp³-hybridized carbons (Fsp3) is 0.333. The number of aryl methyl sites for hydroxylation is 1. The van der Waals surface area contributed by atoms with Gasteiger partial charge < -0.3 is 15.6 Å². The van der Waals surface area contributed by atoms with E-state index in [9.17, 15) is 4.79 Å². The first-order chi connectivity index (χ1) is 6.75. The first-order valence-electron chi connectivity index (χ1n) is 4.36. The first kappa shape index (κ1) is 10.5. The van der Waals surface area contributed by atoms with Crippen LogP contribution < -0.4 is 16.6 Å². The van der Waals surface area contributed by atoms with Crippen molar-refractivity contribution in [1.82, 2.24) is 9.55 Å². The number of hydrogen-bond donors (Lipinski definition) is 2. The topological polar surface area (TPSA) is 72.9 Å². The van der Waals surface area contributed by atoms with Crippen molar-refractivity contribution in [1.29, 1.82) is 0 Å². The lowest BCUT2D eigenvalue weighted by molar-refractivity contribution is 0.842. The Morgan fingerprint density at radius 2 is 2.43 bits per heavy atom. The molecule has 0 bridgehead atoms. The van der Waals surface area contributed by atoms with Crippen molar-refractivity contribution in [3.63, 3.8) is 0 Å². The summed E-state index contributed by atoms with van der Waals surface area (Å²) in [6.07, 6.45) is 6.87. The van der Waals surface area contributed by atoms with Gasteiger partial charge in [-0.1, -0.05) is 12.2 Å². The third-order valence-corrected chi connectivity index (χ3v) is 1.71. The molecule has 0 aromatic carbocycles. The Bertz CT molecular complexity index is 369. The molecule has 5 nitrogen and oxygen atoms in total. The molecule has 14 heavy (non-hydrogen) atoms. The quantitative estimate of drug-likeness (QED) is 0.646. The molecule has 1 aromatic heterocycles. The SMILES string of the molecule is Cn1ccnc(NC/C=C/CN)c1=O. The minimum Gasteiger partial charge on any atom is -0.362 e. The lowest BCUT2D eigenvalue weighted by Crippen LogP contribution is -2.21. The van der Waals surface area contributed by atoms with Crippen molar-refractivity contribution < 1.29 is 0 Å². The summed E-state index contributed by atoms with van der Waals surface area (Å²) in [6.45, 7) is 1.06. The zero-order valence-corrected chi connectivity index (χ0v) is 8.10. The van der Waals surface area contributed by atoms with E-state index in [2.05, 4.69) is 10.3 Å². The summed E-state index contributed by atoms with van der Waals surface area (Å²) in [5, 5.41) is 2.90. The van der Waals surface area contributed by atoms with Crippen LogP contribution in [0.25, 0.3) is 0 Å². The highest BCUT2D eigenvalue weighted by molar-refractivity contribution is 5.31. The van der Waals surface area contributed by atoms with Gasteiger partial charge >= 0.3 is 0 Å². The van der Waals surface area contributed by atoms with Crippen molar-refractivity contribution in [2.45, 2.75) is 0 Å². The number of nitrogens with zero attached hydrogens (tertiary/aromatic N) is 2. The number of hydrogen-bond acceptors (Lipinski definition) is 4. The first-order valence-corrected chi connectivity index (χ1v) is 4.36. The summed E-state index contributed by atoms with van der Waals surface area (Å²) >= 11 is 0. The maximum atomic E-state index is 11.4. The van der Waals surface area contributed by atoms with Crippen LogP contribution in [0.3, 0.4) is 0 Å². The van der Waals surface area contributed by atoms with Gasteiger partial charge in [0.15, 0.2) is 5.82 Å². The van der Waals surface area contributed by atoms with E-state index in [1.807, 2.05) is 12.2 Å². The van der Waals surface area contributed by atoms with Crippen molar-refractivity contribution in [2.24, 2.45) is 12.8 Å². The molecule has 0 unspecified atom stereocenters. The monoisotopic (exact) mass is 194 g/mol. The lowest BCUT2D eigenvalue weighted by Gasteiger charge is -2.02. The molecule has 0 aliphatic heterocycles. The van der Waals surface area contributed by atoms with Gasteiger partial charge in [-0.2, -0.15) is 0 Å². The predicted octanol–water partition coefficient (Wildman–Crippen LogP) is -0.293. The van der Waals surface area contributed by atoms with E-state index in [0.717, 1.165) is 0 Å². The fourth-order valence-electron chi connectivity index (χ4n) is 0.954. The van der Waals surface area contributed by atoms with E-state index in [1.165, 1.54) is 4.57 Å². The zero-order valence-electron chi connectivity index (χ0n) is 8.10. The van der Waals surface area contributed by atoms with Crippen LogP contribution in [0, 0.1) is 0 Å². The Morgan fingerprint density at radius 1 is 1.64 bits per heavy atom. The fourth-order valence-corrected chi connectivity index (χ4v) is 0.954. The van der Waals surface area contributed by atoms with Crippen molar-refractivity contribution in [3.05, 3.63) is 34.9 Å². The molecular weight excluding hydrogens is 180 g/mol. The standard InChI is InChI=1S/C9H14N4O/c1-13-7-6-12-8(9(13)14)11-5-3-2-4-10/h2-3,6-7H,4-5,10H2,1H3,(H,11,12)/b3-2+. The molecule has 0 fully saturated rings. The van der Waals surface area contributed by atoms with Gasteiger partial charge in [-0.05, 0) is 0 Å². The number of rotatable bonds is 4. The third kappa shape index (κ3) is 2.70. The van der Waals surface area contributed by atoms with Crippen LogP contribution in [0.15, 0.2) is 29.3 Å². The van der Waals surface area contributed by atoms with Crippen LogP contribution in [0.1, 0.15) is 0 Å². The maximum absolute atomic E-state index is 11.4. The summed E-state index contributed by atoms with van der Waals surface area (Å²) in [5.41, 5.74) is 5.14. The Balaban J connectivity index is 2.64. The van der Waals surface area contributed by atoms with Crippen LogP contribution in [0.2, 0.25) is 0 Å². The predicted molar refractivity (Wildman–Crippen MR) is 56.2 cm³/mol. The summed E-state index contributed by atoms with van der Waals surface area (Å²) in [4.78, 5) is 15.3. The van der Waals surface area contributed by atoms with Crippen LogP contribution in [-0.2, 0) is 7.05 Å². The van der Waals surface area contributed by atoms with E-state index in [-0.39, 0.29) is 5.56 Å². The van der Waals surface area contributed by atoms with Gasteiger partial charge in [0.1, 0.15) is 0 Å². The smallest absolute Gasteiger partial charge is 0.293 e.